The van der Waals surface area contributed by atoms with Crippen LogP contribution in [0.2, 0.25) is 0 Å². The second-order valence-electron chi connectivity index (χ2n) is 3.83. The van der Waals surface area contributed by atoms with Crippen LogP contribution in [0.3, 0.4) is 0 Å². The molecule has 1 atom stereocenters. The van der Waals surface area contributed by atoms with Crippen LogP contribution in [0.4, 0.5) is 0 Å². The maximum Gasteiger partial charge on any atom is 0.121 e. The van der Waals surface area contributed by atoms with Crippen LogP contribution in [0, 0.1) is 13.8 Å². The Bertz CT molecular complexity index is 302. The minimum Gasteiger partial charge on any atom is -0.507 e. The SMILES string of the molecule is CCC(C)c1cc(C)cc(C)c1O. The minimum atomic E-state index is 0.443. The molecule has 1 rings (SSSR count). The summed E-state index contributed by atoms with van der Waals surface area (Å²) in [6.07, 6.45) is 1.07. The fourth-order valence-electron chi connectivity index (χ4n) is 1.59. The van der Waals surface area contributed by atoms with E-state index in [-0.39, 0.29) is 0 Å². The molecule has 0 amide bonds. The van der Waals surface area contributed by atoms with E-state index in [1.807, 2.05) is 13.0 Å². The van der Waals surface area contributed by atoms with Crippen LogP contribution in [0.5, 0.6) is 5.75 Å². The summed E-state index contributed by atoms with van der Waals surface area (Å²) in [6.45, 7) is 8.31. The van der Waals surface area contributed by atoms with Crippen molar-refractivity contribution in [2.45, 2.75) is 40.0 Å². The van der Waals surface area contributed by atoms with Gasteiger partial charge in [-0.1, -0.05) is 31.5 Å². The lowest BCUT2D eigenvalue weighted by atomic mass is 9.94. The van der Waals surface area contributed by atoms with Crippen molar-refractivity contribution in [3.05, 3.63) is 28.8 Å². The summed E-state index contributed by atoms with van der Waals surface area (Å²) in [4.78, 5) is 0. The lowest BCUT2D eigenvalue weighted by Gasteiger charge is -2.14. The van der Waals surface area contributed by atoms with Crippen molar-refractivity contribution < 1.29 is 5.11 Å². The summed E-state index contributed by atoms with van der Waals surface area (Å²) >= 11 is 0. The van der Waals surface area contributed by atoms with Crippen LogP contribution in [-0.4, -0.2) is 5.11 Å². The van der Waals surface area contributed by atoms with Crippen molar-refractivity contribution in [1.29, 1.82) is 0 Å². The van der Waals surface area contributed by atoms with E-state index in [4.69, 9.17) is 0 Å². The summed E-state index contributed by atoms with van der Waals surface area (Å²) in [5, 5.41) is 9.82. The van der Waals surface area contributed by atoms with E-state index in [2.05, 4.69) is 26.8 Å². The molecule has 0 radical (unpaired) electrons. The number of aryl methyl sites for hydroxylation is 2. The third-order valence-corrected chi connectivity index (χ3v) is 2.62. The smallest absolute Gasteiger partial charge is 0.121 e. The second-order valence-corrected chi connectivity index (χ2v) is 3.83. The molecule has 1 aromatic rings. The fourth-order valence-corrected chi connectivity index (χ4v) is 1.59. The van der Waals surface area contributed by atoms with Gasteiger partial charge in [0, 0.05) is 0 Å². The van der Waals surface area contributed by atoms with E-state index in [0.29, 0.717) is 11.7 Å². The lowest BCUT2D eigenvalue weighted by molar-refractivity contribution is 0.457. The van der Waals surface area contributed by atoms with Gasteiger partial charge in [-0.3, -0.25) is 0 Å². The molecule has 72 valence electrons. The van der Waals surface area contributed by atoms with Crippen molar-refractivity contribution in [1.82, 2.24) is 0 Å². The predicted molar refractivity (Wildman–Crippen MR) is 56.3 cm³/mol. The molecule has 0 saturated carbocycles. The van der Waals surface area contributed by atoms with Gasteiger partial charge in [-0.25, -0.2) is 0 Å². The van der Waals surface area contributed by atoms with Crippen LogP contribution in [0.1, 0.15) is 42.9 Å². The van der Waals surface area contributed by atoms with Crippen molar-refractivity contribution in [3.8, 4) is 5.75 Å². The molecule has 0 saturated heterocycles. The number of hydrogen-bond donors (Lipinski definition) is 1. The van der Waals surface area contributed by atoms with Crippen LogP contribution in [0.25, 0.3) is 0 Å². The molecule has 0 fully saturated rings. The third kappa shape index (κ3) is 2.03. The first kappa shape index (κ1) is 10.1. The normalized spacial score (nSPS) is 12.9. The van der Waals surface area contributed by atoms with Crippen molar-refractivity contribution >= 4 is 0 Å². The number of hydrogen-bond acceptors (Lipinski definition) is 1. The average Bonchev–Trinajstić information content (AvgIpc) is 2.10. The Morgan fingerprint density at radius 2 is 1.92 bits per heavy atom. The maximum atomic E-state index is 9.82. The Kier molecular flexibility index (Phi) is 2.97. The molecule has 1 nitrogen and oxygen atoms in total. The number of aromatic hydroxyl groups is 1. The van der Waals surface area contributed by atoms with E-state index < -0.39 is 0 Å². The molecule has 1 heteroatoms. The molecular formula is C12H18O. The number of phenolic OH excluding ortho intramolecular Hbond substituents is 1. The van der Waals surface area contributed by atoms with Gasteiger partial charge < -0.3 is 5.11 Å². The highest BCUT2D eigenvalue weighted by Gasteiger charge is 2.10. The molecule has 0 heterocycles. The highest BCUT2D eigenvalue weighted by molar-refractivity contribution is 5.44. The Balaban J connectivity index is 3.20. The monoisotopic (exact) mass is 178 g/mol. The maximum absolute atomic E-state index is 9.82. The standard InChI is InChI=1S/C12H18O/c1-5-9(3)11-7-8(2)6-10(4)12(11)13/h6-7,9,13H,5H2,1-4H3. The van der Waals surface area contributed by atoms with Gasteiger partial charge in [0.25, 0.3) is 0 Å². The zero-order chi connectivity index (χ0) is 10.0. The number of phenols is 1. The highest BCUT2D eigenvalue weighted by Crippen LogP contribution is 2.31. The van der Waals surface area contributed by atoms with Crippen LogP contribution >= 0.6 is 0 Å². The summed E-state index contributed by atoms with van der Waals surface area (Å²) < 4.78 is 0. The molecule has 1 N–H and O–H groups in total. The first-order chi connectivity index (χ1) is 6.06. The average molecular weight is 178 g/mol. The summed E-state index contributed by atoms with van der Waals surface area (Å²) in [5.41, 5.74) is 3.29. The highest BCUT2D eigenvalue weighted by atomic mass is 16.3. The third-order valence-electron chi connectivity index (χ3n) is 2.62. The molecule has 1 unspecified atom stereocenters. The van der Waals surface area contributed by atoms with Crippen molar-refractivity contribution in [3.63, 3.8) is 0 Å². The molecule has 0 aliphatic heterocycles. The van der Waals surface area contributed by atoms with Gasteiger partial charge in [-0.05, 0) is 37.3 Å². The quantitative estimate of drug-likeness (QED) is 0.734. The Hall–Kier alpha value is -0.980. The van der Waals surface area contributed by atoms with E-state index in [1.165, 1.54) is 5.56 Å². The zero-order valence-corrected chi connectivity index (χ0v) is 8.89. The molecule has 1 aromatic carbocycles. The van der Waals surface area contributed by atoms with E-state index in [9.17, 15) is 5.11 Å². The first-order valence-corrected chi connectivity index (χ1v) is 4.86. The minimum absolute atomic E-state index is 0.443. The van der Waals surface area contributed by atoms with E-state index >= 15 is 0 Å². The lowest BCUT2D eigenvalue weighted by Crippen LogP contribution is -1.94. The van der Waals surface area contributed by atoms with Crippen molar-refractivity contribution in [2.24, 2.45) is 0 Å². The molecule has 0 bridgehead atoms. The van der Waals surface area contributed by atoms with E-state index in [0.717, 1.165) is 17.5 Å². The molecule has 0 aliphatic rings. The largest absolute Gasteiger partial charge is 0.507 e. The zero-order valence-electron chi connectivity index (χ0n) is 8.89. The Morgan fingerprint density at radius 1 is 1.31 bits per heavy atom. The van der Waals surface area contributed by atoms with Gasteiger partial charge in [-0.15, -0.1) is 0 Å². The topological polar surface area (TPSA) is 20.2 Å². The van der Waals surface area contributed by atoms with Crippen LogP contribution in [-0.2, 0) is 0 Å². The predicted octanol–water partition coefficient (Wildman–Crippen LogP) is 3.52. The van der Waals surface area contributed by atoms with Gasteiger partial charge in [0.2, 0.25) is 0 Å². The molecule has 0 spiro atoms. The molecule has 0 aliphatic carbocycles. The van der Waals surface area contributed by atoms with Crippen molar-refractivity contribution in [2.75, 3.05) is 0 Å². The van der Waals surface area contributed by atoms with Gasteiger partial charge in [-0.2, -0.15) is 0 Å². The van der Waals surface area contributed by atoms with Crippen LogP contribution < -0.4 is 0 Å². The second kappa shape index (κ2) is 3.82. The Labute approximate surface area is 80.4 Å². The van der Waals surface area contributed by atoms with Gasteiger partial charge in [0.05, 0.1) is 0 Å². The van der Waals surface area contributed by atoms with Crippen LogP contribution in [0.15, 0.2) is 12.1 Å². The number of rotatable bonds is 2. The molecule has 13 heavy (non-hydrogen) atoms. The Morgan fingerprint density at radius 3 is 2.46 bits per heavy atom. The van der Waals surface area contributed by atoms with Gasteiger partial charge >= 0.3 is 0 Å². The van der Waals surface area contributed by atoms with Gasteiger partial charge in [0.15, 0.2) is 0 Å². The molecular weight excluding hydrogens is 160 g/mol. The fraction of sp³-hybridized carbons (Fsp3) is 0.500. The van der Waals surface area contributed by atoms with Gasteiger partial charge in [0.1, 0.15) is 5.75 Å². The molecule has 0 aromatic heterocycles. The first-order valence-electron chi connectivity index (χ1n) is 4.86. The summed E-state index contributed by atoms with van der Waals surface area (Å²) in [7, 11) is 0. The summed E-state index contributed by atoms with van der Waals surface area (Å²) in [5.74, 6) is 0.915. The number of benzene rings is 1. The summed E-state index contributed by atoms with van der Waals surface area (Å²) in [6, 6.07) is 4.09. The van der Waals surface area contributed by atoms with E-state index in [1.54, 1.807) is 0 Å².